The molecule has 1 atom stereocenters. The van der Waals surface area contributed by atoms with E-state index in [1.54, 1.807) is 0 Å². The molecule has 1 N–H and O–H groups in total. The molecule has 0 saturated carbocycles. The van der Waals surface area contributed by atoms with Crippen LogP contribution in [0.15, 0.2) is 18.3 Å². The van der Waals surface area contributed by atoms with Crippen LogP contribution in [0.2, 0.25) is 0 Å². The summed E-state index contributed by atoms with van der Waals surface area (Å²) in [6.45, 7) is 5.41. The number of nitrogens with one attached hydrogen (secondary N) is 1. The smallest absolute Gasteiger partial charge is 0.243 e. The van der Waals surface area contributed by atoms with E-state index < -0.39 is 0 Å². The predicted octanol–water partition coefficient (Wildman–Crippen LogP) is 1.79. The quantitative estimate of drug-likeness (QED) is 0.913. The van der Waals surface area contributed by atoms with Gasteiger partial charge in [0.2, 0.25) is 5.95 Å². The van der Waals surface area contributed by atoms with Crippen molar-refractivity contribution >= 4 is 11.6 Å². The maximum absolute atomic E-state index is 4.54. The molecule has 0 aromatic carbocycles. The summed E-state index contributed by atoms with van der Waals surface area (Å²) in [5.41, 5.74) is 2.09. The van der Waals surface area contributed by atoms with Gasteiger partial charge >= 0.3 is 0 Å². The zero-order valence-electron chi connectivity index (χ0n) is 11.6. The molecule has 3 heterocycles. The first-order chi connectivity index (χ1) is 9.22. The number of aryl methyl sites for hydroxylation is 1. The highest BCUT2D eigenvalue weighted by molar-refractivity contribution is 5.49. The topological polar surface area (TPSA) is 45.5 Å². The maximum atomic E-state index is 4.54. The number of piperidine rings is 1. The van der Waals surface area contributed by atoms with Gasteiger partial charge in [0.05, 0.1) is 0 Å². The Kier molecular flexibility index (Phi) is 3.38. The summed E-state index contributed by atoms with van der Waals surface area (Å²) in [7, 11) is 2.19. The highest BCUT2D eigenvalue weighted by Gasteiger charge is 2.17. The lowest BCUT2D eigenvalue weighted by atomic mass is 9.99. The molecule has 5 heteroatoms. The third-order valence-electron chi connectivity index (χ3n) is 3.83. The SMILES string of the molecule is Cc1cccn2nc(NCC3CCCN(C)C3)nc12. The van der Waals surface area contributed by atoms with E-state index in [0.717, 1.165) is 23.7 Å². The fourth-order valence-electron chi connectivity index (χ4n) is 2.79. The molecule has 102 valence electrons. The average Bonchev–Trinajstić information content (AvgIpc) is 2.81. The van der Waals surface area contributed by atoms with Crippen LogP contribution in [0.5, 0.6) is 0 Å². The Hall–Kier alpha value is -1.62. The molecular formula is C14H21N5. The van der Waals surface area contributed by atoms with E-state index in [0.29, 0.717) is 5.92 Å². The van der Waals surface area contributed by atoms with Crippen molar-refractivity contribution in [2.75, 3.05) is 32.0 Å². The van der Waals surface area contributed by atoms with Crippen molar-refractivity contribution < 1.29 is 0 Å². The predicted molar refractivity (Wildman–Crippen MR) is 76.4 cm³/mol. The first kappa shape index (κ1) is 12.4. The molecule has 5 nitrogen and oxygen atoms in total. The Labute approximate surface area is 113 Å². The Morgan fingerprint density at radius 3 is 3.16 bits per heavy atom. The lowest BCUT2D eigenvalue weighted by Crippen LogP contribution is -2.35. The number of fused-ring (bicyclic) bond motifs is 1. The number of rotatable bonds is 3. The minimum Gasteiger partial charge on any atom is -0.353 e. The molecule has 19 heavy (non-hydrogen) atoms. The molecule has 1 aliphatic rings. The molecule has 0 spiro atoms. The number of aromatic nitrogens is 3. The molecule has 1 fully saturated rings. The van der Waals surface area contributed by atoms with Crippen molar-refractivity contribution in [1.29, 1.82) is 0 Å². The molecule has 1 aliphatic heterocycles. The van der Waals surface area contributed by atoms with Crippen LogP contribution in [0.3, 0.4) is 0 Å². The van der Waals surface area contributed by atoms with Crippen LogP contribution >= 0.6 is 0 Å². The second-order valence-electron chi connectivity index (χ2n) is 5.55. The zero-order chi connectivity index (χ0) is 13.2. The lowest BCUT2D eigenvalue weighted by Gasteiger charge is -2.29. The second-order valence-corrected chi connectivity index (χ2v) is 5.55. The number of likely N-dealkylation sites (tertiary alicyclic amines) is 1. The van der Waals surface area contributed by atoms with Gasteiger partial charge in [-0.25, -0.2) is 4.52 Å². The van der Waals surface area contributed by atoms with Crippen molar-refractivity contribution in [3.05, 3.63) is 23.9 Å². The van der Waals surface area contributed by atoms with Gasteiger partial charge in [0.1, 0.15) is 0 Å². The van der Waals surface area contributed by atoms with Gasteiger partial charge in [-0.05, 0) is 50.9 Å². The molecule has 2 aromatic rings. The average molecular weight is 259 g/mol. The summed E-state index contributed by atoms with van der Waals surface area (Å²) in [6.07, 6.45) is 4.53. The second kappa shape index (κ2) is 5.17. The van der Waals surface area contributed by atoms with Crippen LogP contribution < -0.4 is 5.32 Å². The number of hydrogen-bond donors (Lipinski definition) is 1. The summed E-state index contributed by atoms with van der Waals surface area (Å²) in [5, 5.41) is 7.84. The van der Waals surface area contributed by atoms with E-state index in [1.807, 2.05) is 16.8 Å². The molecule has 0 amide bonds. The van der Waals surface area contributed by atoms with Crippen molar-refractivity contribution in [2.24, 2.45) is 5.92 Å². The van der Waals surface area contributed by atoms with Crippen LogP contribution in [0.1, 0.15) is 18.4 Å². The standard InChI is InChI=1S/C14H21N5/c1-11-5-3-8-19-13(11)16-14(17-19)15-9-12-6-4-7-18(2)10-12/h3,5,8,12H,4,6-7,9-10H2,1-2H3,(H,15,17). The normalized spacial score (nSPS) is 20.8. The first-order valence-electron chi connectivity index (χ1n) is 6.97. The summed E-state index contributed by atoms with van der Waals surface area (Å²) in [5.74, 6) is 1.44. The lowest BCUT2D eigenvalue weighted by molar-refractivity contribution is 0.217. The van der Waals surface area contributed by atoms with Gasteiger partial charge in [0.15, 0.2) is 5.65 Å². The van der Waals surface area contributed by atoms with Gasteiger partial charge in [-0.15, -0.1) is 5.10 Å². The molecule has 0 aliphatic carbocycles. The fraction of sp³-hybridized carbons (Fsp3) is 0.571. The minimum absolute atomic E-state index is 0.700. The fourth-order valence-corrected chi connectivity index (χ4v) is 2.79. The van der Waals surface area contributed by atoms with Gasteiger partial charge in [-0.1, -0.05) is 6.07 Å². The van der Waals surface area contributed by atoms with E-state index in [1.165, 1.54) is 25.9 Å². The molecule has 1 saturated heterocycles. The van der Waals surface area contributed by atoms with Crippen LogP contribution in [-0.2, 0) is 0 Å². The zero-order valence-corrected chi connectivity index (χ0v) is 11.6. The summed E-state index contributed by atoms with van der Waals surface area (Å²) in [4.78, 5) is 6.94. The first-order valence-corrected chi connectivity index (χ1v) is 6.97. The van der Waals surface area contributed by atoms with E-state index in [-0.39, 0.29) is 0 Å². The Morgan fingerprint density at radius 2 is 2.37 bits per heavy atom. The molecule has 1 unspecified atom stereocenters. The van der Waals surface area contributed by atoms with Crippen LogP contribution in [0.4, 0.5) is 5.95 Å². The summed E-state index contributed by atoms with van der Waals surface area (Å²) in [6, 6.07) is 4.06. The Balaban J connectivity index is 1.66. The van der Waals surface area contributed by atoms with E-state index in [2.05, 4.69) is 40.3 Å². The van der Waals surface area contributed by atoms with Crippen LogP contribution in [-0.4, -0.2) is 46.2 Å². The van der Waals surface area contributed by atoms with Crippen molar-refractivity contribution in [2.45, 2.75) is 19.8 Å². The third-order valence-corrected chi connectivity index (χ3v) is 3.83. The van der Waals surface area contributed by atoms with Gasteiger partial charge in [0, 0.05) is 19.3 Å². The molecule has 0 bridgehead atoms. The highest BCUT2D eigenvalue weighted by atomic mass is 15.3. The summed E-state index contributed by atoms with van der Waals surface area (Å²) >= 11 is 0. The maximum Gasteiger partial charge on any atom is 0.243 e. The van der Waals surface area contributed by atoms with Gasteiger partial charge in [-0.2, -0.15) is 4.98 Å². The summed E-state index contributed by atoms with van der Waals surface area (Å²) < 4.78 is 1.84. The van der Waals surface area contributed by atoms with E-state index in [4.69, 9.17) is 0 Å². The van der Waals surface area contributed by atoms with Gasteiger partial charge < -0.3 is 10.2 Å². The Bertz CT molecular complexity index is 562. The molecule has 2 aromatic heterocycles. The number of pyridine rings is 1. The van der Waals surface area contributed by atoms with Crippen LogP contribution in [0, 0.1) is 12.8 Å². The Morgan fingerprint density at radius 1 is 1.47 bits per heavy atom. The van der Waals surface area contributed by atoms with E-state index in [9.17, 15) is 0 Å². The van der Waals surface area contributed by atoms with Crippen molar-refractivity contribution in [3.8, 4) is 0 Å². The molecular weight excluding hydrogens is 238 g/mol. The van der Waals surface area contributed by atoms with Crippen molar-refractivity contribution in [3.63, 3.8) is 0 Å². The van der Waals surface area contributed by atoms with Crippen LogP contribution in [0.25, 0.3) is 5.65 Å². The monoisotopic (exact) mass is 259 g/mol. The van der Waals surface area contributed by atoms with Gasteiger partial charge in [0.25, 0.3) is 0 Å². The van der Waals surface area contributed by atoms with E-state index >= 15 is 0 Å². The number of nitrogens with zero attached hydrogens (tertiary/aromatic N) is 4. The minimum atomic E-state index is 0.700. The number of hydrogen-bond acceptors (Lipinski definition) is 4. The highest BCUT2D eigenvalue weighted by Crippen LogP contribution is 2.16. The number of anilines is 1. The molecule has 0 radical (unpaired) electrons. The largest absolute Gasteiger partial charge is 0.353 e. The molecule has 3 rings (SSSR count). The van der Waals surface area contributed by atoms with Crippen molar-refractivity contribution in [1.82, 2.24) is 19.5 Å². The van der Waals surface area contributed by atoms with Gasteiger partial charge in [-0.3, -0.25) is 0 Å². The third kappa shape index (κ3) is 2.71.